The molecule has 0 unspecified atom stereocenters. The Hall–Kier alpha value is -2.82. The second-order valence-corrected chi connectivity index (χ2v) is 8.63. The summed E-state index contributed by atoms with van der Waals surface area (Å²) >= 11 is 1.71. The Morgan fingerprint density at radius 1 is 1.07 bits per heavy atom. The number of hydrogen-bond donors (Lipinski definition) is 1. The number of para-hydroxylation sites is 1. The van der Waals surface area contributed by atoms with E-state index in [1.807, 2.05) is 23.1 Å². The van der Waals surface area contributed by atoms with Gasteiger partial charge in [0.2, 0.25) is 0 Å². The fourth-order valence-electron chi connectivity index (χ4n) is 3.69. The number of fused-ring (bicyclic) bond motifs is 1. The number of nitrogens with zero attached hydrogens (tertiary/aromatic N) is 5. The van der Waals surface area contributed by atoms with Crippen molar-refractivity contribution in [1.29, 1.82) is 0 Å². The summed E-state index contributed by atoms with van der Waals surface area (Å²) in [6.07, 6.45) is 0. The van der Waals surface area contributed by atoms with Gasteiger partial charge in [-0.05, 0) is 12.1 Å². The van der Waals surface area contributed by atoms with E-state index in [0.29, 0.717) is 13.1 Å². The third-order valence-corrected chi connectivity index (χ3v) is 6.54. The Bertz CT molecular complexity index is 1190. The van der Waals surface area contributed by atoms with Gasteiger partial charge >= 0.3 is 5.69 Å². The molecule has 0 saturated carbocycles. The number of aromatic nitrogens is 3. The highest BCUT2D eigenvalue weighted by Gasteiger charge is 2.25. The molecule has 3 aromatic rings. The van der Waals surface area contributed by atoms with E-state index in [1.165, 1.54) is 18.8 Å². The van der Waals surface area contributed by atoms with Crippen LogP contribution in [0, 0.1) is 0 Å². The van der Waals surface area contributed by atoms with Crippen LogP contribution in [0.2, 0.25) is 0 Å². The van der Waals surface area contributed by atoms with Crippen molar-refractivity contribution in [2.45, 2.75) is 6.54 Å². The monoisotopic (exact) mass is 428 g/mol. The standard InChI is InChI=1S/C20H24N6O3S/c1-23-18(21)17(19(28)24(2)20(23)29)14(27)11-25-7-9-26(10-8-25)12-16-22-13-5-3-4-6-15(13)30-16/h3-6H,7-12,21H2,1-2H3. The number of rotatable bonds is 5. The maximum absolute atomic E-state index is 12.8. The summed E-state index contributed by atoms with van der Waals surface area (Å²) < 4.78 is 3.23. The van der Waals surface area contributed by atoms with E-state index in [-0.39, 0.29) is 23.7 Å². The molecule has 0 radical (unpaired) electrons. The van der Waals surface area contributed by atoms with E-state index in [4.69, 9.17) is 5.73 Å². The van der Waals surface area contributed by atoms with Gasteiger partial charge in [-0.3, -0.25) is 28.5 Å². The molecule has 0 atom stereocenters. The summed E-state index contributed by atoms with van der Waals surface area (Å²) in [6, 6.07) is 8.11. The summed E-state index contributed by atoms with van der Waals surface area (Å²) in [5, 5.41) is 1.09. The number of ketones is 1. The molecule has 9 nitrogen and oxygen atoms in total. The summed E-state index contributed by atoms with van der Waals surface area (Å²) in [6.45, 7) is 3.93. The Morgan fingerprint density at radius 2 is 1.73 bits per heavy atom. The molecule has 1 saturated heterocycles. The predicted octanol–water partition coefficient (Wildman–Crippen LogP) is 0.276. The second-order valence-electron chi connectivity index (χ2n) is 7.52. The number of carbonyl (C=O) groups excluding carboxylic acids is 1. The number of benzene rings is 1. The molecule has 0 spiro atoms. The van der Waals surface area contributed by atoms with Crippen LogP contribution in [0.5, 0.6) is 0 Å². The van der Waals surface area contributed by atoms with Gasteiger partial charge in [0.1, 0.15) is 16.4 Å². The number of carbonyl (C=O) groups is 1. The number of nitrogen functional groups attached to an aromatic ring is 1. The average Bonchev–Trinajstić information content (AvgIpc) is 3.14. The number of anilines is 1. The molecule has 2 N–H and O–H groups in total. The van der Waals surface area contributed by atoms with Crippen LogP contribution in [0.3, 0.4) is 0 Å². The first-order chi connectivity index (χ1) is 14.3. The van der Waals surface area contributed by atoms with Gasteiger partial charge in [-0.2, -0.15) is 0 Å². The van der Waals surface area contributed by atoms with Gasteiger partial charge in [0, 0.05) is 40.3 Å². The zero-order chi connectivity index (χ0) is 21.4. The summed E-state index contributed by atoms with van der Waals surface area (Å²) in [5.41, 5.74) is 5.62. The van der Waals surface area contributed by atoms with Gasteiger partial charge in [-0.1, -0.05) is 12.1 Å². The van der Waals surface area contributed by atoms with Crippen LogP contribution in [0.25, 0.3) is 10.2 Å². The Balaban J connectivity index is 1.39. The van der Waals surface area contributed by atoms with Crippen molar-refractivity contribution in [3.8, 4) is 0 Å². The van der Waals surface area contributed by atoms with E-state index >= 15 is 0 Å². The van der Waals surface area contributed by atoms with Crippen molar-refractivity contribution < 1.29 is 4.79 Å². The largest absolute Gasteiger partial charge is 0.384 e. The molecular weight excluding hydrogens is 404 g/mol. The Morgan fingerprint density at radius 3 is 2.43 bits per heavy atom. The number of thiazole rings is 1. The van der Waals surface area contributed by atoms with E-state index < -0.39 is 11.2 Å². The lowest BCUT2D eigenvalue weighted by Gasteiger charge is -2.33. The number of nitrogens with two attached hydrogens (primary N) is 1. The van der Waals surface area contributed by atoms with Crippen LogP contribution in [0.4, 0.5) is 5.82 Å². The fourth-order valence-corrected chi connectivity index (χ4v) is 4.70. The summed E-state index contributed by atoms with van der Waals surface area (Å²) in [7, 11) is 2.80. The van der Waals surface area contributed by atoms with Crippen molar-refractivity contribution in [2.24, 2.45) is 14.1 Å². The third-order valence-electron chi connectivity index (χ3n) is 5.52. The van der Waals surface area contributed by atoms with Gasteiger partial charge in [-0.25, -0.2) is 9.78 Å². The maximum Gasteiger partial charge on any atom is 0.332 e. The van der Waals surface area contributed by atoms with Gasteiger partial charge in [0.05, 0.1) is 23.3 Å². The molecular formula is C20H24N6O3S. The maximum atomic E-state index is 12.8. The van der Waals surface area contributed by atoms with E-state index in [9.17, 15) is 14.4 Å². The van der Waals surface area contributed by atoms with E-state index in [2.05, 4.69) is 16.0 Å². The van der Waals surface area contributed by atoms with Gasteiger partial charge < -0.3 is 5.73 Å². The third kappa shape index (κ3) is 3.81. The minimum atomic E-state index is -0.643. The summed E-state index contributed by atoms with van der Waals surface area (Å²) in [4.78, 5) is 46.1. The number of hydrogen-bond acceptors (Lipinski definition) is 8. The highest BCUT2D eigenvalue weighted by atomic mass is 32.1. The highest BCUT2D eigenvalue weighted by Crippen LogP contribution is 2.23. The average molecular weight is 429 g/mol. The first-order valence-electron chi connectivity index (χ1n) is 9.73. The van der Waals surface area contributed by atoms with Crippen LogP contribution in [0.1, 0.15) is 15.4 Å². The molecule has 158 valence electrons. The molecule has 0 aliphatic carbocycles. The van der Waals surface area contributed by atoms with E-state index in [0.717, 1.165) is 39.3 Å². The minimum absolute atomic E-state index is 0.0810. The van der Waals surface area contributed by atoms with Gasteiger partial charge in [-0.15, -0.1) is 11.3 Å². The molecule has 1 aromatic carbocycles. The molecule has 1 aliphatic heterocycles. The first kappa shape index (κ1) is 20.5. The van der Waals surface area contributed by atoms with Gasteiger partial charge in [0.25, 0.3) is 5.56 Å². The fraction of sp³-hybridized carbons (Fsp3) is 0.400. The topological polar surface area (TPSA) is 106 Å². The summed E-state index contributed by atoms with van der Waals surface area (Å²) in [5.74, 6) is -0.439. The molecule has 3 heterocycles. The number of Topliss-reactive ketones (excluding diaryl/α,β-unsaturated/α-hetero) is 1. The molecule has 1 fully saturated rings. The number of piperazine rings is 1. The van der Waals surface area contributed by atoms with Crippen molar-refractivity contribution in [3.05, 3.63) is 55.7 Å². The lowest BCUT2D eigenvalue weighted by atomic mass is 10.1. The van der Waals surface area contributed by atoms with Crippen LogP contribution < -0.4 is 17.0 Å². The van der Waals surface area contributed by atoms with Crippen LogP contribution >= 0.6 is 11.3 Å². The lowest BCUT2D eigenvalue weighted by Crippen LogP contribution is -2.48. The van der Waals surface area contributed by atoms with Crippen LogP contribution in [0.15, 0.2) is 33.9 Å². The van der Waals surface area contributed by atoms with Crippen molar-refractivity contribution in [1.82, 2.24) is 23.9 Å². The molecule has 1 aliphatic rings. The highest BCUT2D eigenvalue weighted by molar-refractivity contribution is 7.18. The Kier molecular flexibility index (Phi) is 5.54. The molecule has 10 heteroatoms. The molecule has 30 heavy (non-hydrogen) atoms. The molecule has 0 amide bonds. The molecule has 2 aromatic heterocycles. The Labute approximate surface area is 177 Å². The quantitative estimate of drug-likeness (QED) is 0.582. The SMILES string of the molecule is Cn1c(N)c(C(=O)CN2CCN(Cc3nc4ccccc4s3)CC2)c(=O)n(C)c1=O. The first-order valence-corrected chi connectivity index (χ1v) is 10.5. The van der Waals surface area contributed by atoms with Crippen molar-refractivity contribution in [2.75, 3.05) is 38.5 Å². The van der Waals surface area contributed by atoms with Crippen LogP contribution in [-0.2, 0) is 20.6 Å². The van der Waals surface area contributed by atoms with Gasteiger partial charge in [0.15, 0.2) is 5.78 Å². The zero-order valence-electron chi connectivity index (χ0n) is 17.0. The van der Waals surface area contributed by atoms with Crippen LogP contribution in [-0.4, -0.2) is 62.4 Å². The molecule has 4 rings (SSSR count). The smallest absolute Gasteiger partial charge is 0.332 e. The van der Waals surface area contributed by atoms with Crippen molar-refractivity contribution in [3.63, 3.8) is 0 Å². The zero-order valence-corrected chi connectivity index (χ0v) is 17.8. The predicted molar refractivity (Wildman–Crippen MR) is 117 cm³/mol. The minimum Gasteiger partial charge on any atom is -0.384 e. The van der Waals surface area contributed by atoms with Crippen molar-refractivity contribution >= 4 is 33.2 Å². The normalized spacial score (nSPS) is 15.7. The second kappa shape index (κ2) is 8.13. The van der Waals surface area contributed by atoms with E-state index in [1.54, 1.807) is 11.3 Å². The lowest BCUT2D eigenvalue weighted by molar-refractivity contribution is 0.0842. The molecule has 0 bridgehead atoms.